The summed E-state index contributed by atoms with van der Waals surface area (Å²) in [4.78, 5) is 18.1. The van der Waals surface area contributed by atoms with Gasteiger partial charge in [-0.3, -0.25) is 14.9 Å². The minimum Gasteiger partial charge on any atom is -0.336 e. The van der Waals surface area contributed by atoms with Crippen molar-refractivity contribution in [3.63, 3.8) is 0 Å². The molecule has 0 aliphatic heterocycles. The van der Waals surface area contributed by atoms with Gasteiger partial charge in [-0.1, -0.05) is 25.5 Å². The second kappa shape index (κ2) is 7.91. The Labute approximate surface area is 151 Å². The zero-order chi connectivity index (χ0) is 18.5. The molecule has 6 heteroatoms. The molecule has 2 heterocycles. The van der Waals surface area contributed by atoms with Crippen LogP contribution >= 0.6 is 0 Å². The van der Waals surface area contributed by atoms with Crippen molar-refractivity contribution < 1.29 is 9.18 Å². The van der Waals surface area contributed by atoms with Gasteiger partial charge in [0, 0.05) is 24.4 Å². The summed E-state index contributed by atoms with van der Waals surface area (Å²) in [5.74, 6) is -0.542. The average Bonchev–Trinajstić information content (AvgIpc) is 3.09. The quantitative estimate of drug-likeness (QED) is 0.733. The van der Waals surface area contributed by atoms with Crippen LogP contribution in [0.5, 0.6) is 0 Å². The first-order valence-electron chi connectivity index (χ1n) is 8.57. The van der Waals surface area contributed by atoms with Gasteiger partial charge in [0.2, 0.25) is 0 Å². The third kappa shape index (κ3) is 3.96. The number of H-pyrrole nitrogens is 1. The van der Waals surface area contributed by atoms with E-state index in [1.54, 1.807) is 42.3 Å². The van der Waals surface area contributed by atoms with E-state index in [1.807, 2.05) is 6.07 Å². The average molecular weight is 352 g/mol. The molecular formula is C20H21FN4O. The Balaban J connectivity index is 1.76. The number of amides is 1. The maximum absolute atomic E-state index is 14.0. The van der Waals surface area contributed by atoms with Crippen LogP contribution < -0.4 is 0 Å². The van der Waals surface area contributed by atoms with E-state index in [1.165, 1.54) is 12.4 Å². The number of aromatic amines is 1. The van der Waals surface area contributed by atoms with Gasteiger partial charge in [-0.25, -0.2) is 4.39 Å². The molecule has 0 saturated carbocycles. The third-order valence-electron chi connectivity index (χ3n) is 4.14. The van der Waals surface area contributed by atoms with Gasteiger partial charge < -0.3 is 4.90 Å². The molecule has 0 fully saturated rings. The monoisotopic (exact) mass is 352 g/mol. The van der Waals surface area contributed by atoms with E-state index < -0.39 is 5.82 Å². The standard InChI is InChI=1S/C20H21FN4O/c1-3-5-16-11-17(24-23-16)13-25(2)20(26)15-7-4-6-14(10-15)18-8-9-22-12-19(18)21/h4,6-12H,3,5,13H2,1-2H3,(H,23,24). The van der Waals surface area contributed by atoms with Crippen molar-refractivity contribution >= 4 is 5.91 Å². The van der Waals surface area contributed by atoms with Crippen LogP contribution in [0.4, 0.5) is 4.39 Å². The number of aryl methyl sites for hydroxylation is 1. The number of pyridine rings is 1. The third-order valence-corrected chi connectivity index (χ3v) is 4.14. The number of nitrogens with zero attached hydrogens (tertiary/aromatic N) is 3. The van der Waals surface area contributed by atoms with Crippen molar-refractivity contribution in [1.29, 1.82) is 0 Å². The zero-order valence-corrected chi connectivity index (χ0v) is 14.9. The summed E-state index contributed by atoms with van der Waals surface area (Å²) >= 11 is 0. The highest BCUT2D eigenvalue weighted by Crippen LogP contribution is 2.23. The summed E-state index contributed by atoms with van der Waals surface area (Å²) in [5, 5.41) is 7.22. The van der Waals surface area contributed by atoms with Crippen LogP contribution in [0.15, 0.2) is 48.8 Å². The molecule has 0 aliphatic carbocycles. The Bertz CT molecular complexity index is 906. The maximum Gasteiger partial charge on any atom is 0.253 e. The number of carbonyl (C=O) groups excluding carboxylic acids is 1. The number of hydrogen-bond donors (Lipinski definition) is 1. The Morgan fingerprint density at radius 1 is 1.27 bits per heavy atom. The summed E-state index contributed by atoms with van der Waals surface area (Å²) in [7, 11) is 1.74. The van der Waals surface area contributed by atoms with Crippen LogP contribution in [-0.2, 0) is 13.0 Å². The number of rotatable bonds is 6. The zero-order valence-electron chi connectivity index (χ0n) is 14.9. The van der Waals surface area contributed by atoms with Gasteiger partial charge in [0.1, 0.15) is 5.82 Å². The number of carbonyl (C=O) groups is 1. The van der Waals surface area contributed by atoms with E-state index in [-0.39, 0.29) is 5.91 Å². The second-order valence-electron chi connectivity index (χ2n) is 6.23. The van der Waals surface area contributed by atoms with E-state index in [0.29, 0.717) is 23.2 Å². The molecule has 1 amide bonds. The van der Waals surface area contributed by atoms with Gasteiger partial charge in [-0.15, -0.1) is 0 Å². The highest BCUT2D eigenvalue weighted by molar-refractivity contribution is 5.95. The van der Waals surface area contributed by atoms with E-state index >= 15 is 0 Å². The van der Waals surface area contributed by atoms with Crippen molar-refractivity contribution in [3.05, 3.63) is 71.6 Å². The largest absolute Gasteiger partial charge is 0.336 e. The number of aromatic nitrogens is 3. The molecule has 0 radical (unpaired) electrons. The van der Waals surface area contributed by atoms with Gasteiger partial charge in [-0.05, 0) is 36.2 Å². The minimum absolute atomic E-state index is 0.132. The molecule has 5 nitrogen and oxygen atoms in total. The first-order valence-corrected chi connectivity index (χ1v) is 8.57. The van der Waals surface area contributed by atoms with Crippen molar-refractivity contribution in [3.8, 4) is 11.1 Å². The van der Waals surface area contributed by atoms with Gasteiger partial charge in [0.15, 0.2) is 0 Å². The topological polar surface area (TPSA) is 61.9 Å². The molecule has 0 bridgehead atoms. The second-order valence-corrected chi connectivity index (χ2v) is 6.23. The predicted molar refractivity (Wildman–Crippen MR) is 98.0 cm³/mol. The Morgan fingerprint density at radius 3 is 2.88 bits per heavy atom. The summed E-state index contributed by atoms with van der Waals surface area (Å²) in [6.07, 6.45) is 4.64. The molecule has 0 aliphatic rings. The minimum atomic E-state index is -0.411. The first-order chi connectivity index (χ1) is 12.6. The fourth-order valence-corrected chi connectivity index (χ4v) is 2.85. The number of benzene rings is 1. The first kappa shape index (κ1) is 17.8. The van der Waals surface area contributed by atoms with Crippen LogP contribution in [0.2, 0.25) is 0 Å². The van der Waals surface area contributed by atoms with Crippen LogP contribution in [0.25, 0.3) is 11.1 Å². The normalized spacial score (nSPS) is 10.7. The maximum atomic E-state index is 14.0. The van der Waals surface area contributed by atoms with Crippen LogP contribution in [0, 0.1) is 5.82 Å². The SMILES string of the molecule is CCCc1cc(CN(C)C(=O)c2cccc(-c3ccncc3F)c2)[nH]n1. The van der Waals surface area contributed by atoms with Crippen molar-refractivity contribution in [2.45, 2.75) is 26.3 Å². The molecule has 1 N–H and O–H groups in total. The summed E-state index contributed by atoms with van der Waals surface area (Å²) in [6.45, 7) is 2.53. The van der Waals surface area contributed by atoms with Gasteiger partial charge in [0.25, 0.3) is 5.91 Å². The molecule has 0 unspecified atom stereocenters. The number of nitrogens with one attached hydrogen (secondary N) is 1. The number of halogens is 1. The predicted octanol–water partition coefficient (Wildman–Crippen LogP) is 3.84. The van der Waals surface area contributed by atoms with Gasteiger partial charge in [-0.2, -0.15) is 5.10 Å². The summed E-state index contributed by atoms with van der Waals surface area (Å²) in [5.41, 5.74) is 3.47. The van der Waals surface area contributed by atoms with Gasteiger partial charge in [0.05, 0.1) is 24.1 Å². The molecule has 0 spiro atoms. The van der Waals surface area contributed by atoms with E-state index in [4.69, 9.17) is 0 Å². The molecule has 2 aromatic heterocycles. The Hall–Kier alpha value is -3.02. The number of hydrogen-bond acceptors (Lipinski definition) is 3. The lowest BCUT2D eigenvalue weighted by atomic mass is 10.0. The molecule has 26 heavy (non-hydrogen) atoms. The smallest absolute Gasteiger partial charge is 0.253 e. The van der Waals surface area contributed by atoms with Crippen LogP contribution in [-0.4, -0.2) is 33.0 Å². The fraction of sp³-hybridized carbons (Fsp3) is 0.250. The Morgan fingerprint density at radius 2 is 2.12 bits per heavy atom. The molecule has 1 aromatic carbocycles. The molecule has 3 rings (SSSR count). The summed E-state index contributed by atoms with van der Waals surface area (Å²) < 4.78 is 14.0. The highest BCUT2D eigenvalue weighted by Gasteiger charge is 2.15. The lowest BCUT2D eigenvalue weighted by Crippen LogP contribution is -2.26. The van der Waals surface area contributed by atoms with E-state index in [0.717, 1.165) is 24.2 Å². The van der Waals surface area contributed by atoms with Gasteiger partial charge >= 0.3 is 0 Å². The molecule has 3 aromatic rings. The highest BCUT2D eigenvalue weighted by atomic mass is 19.1. The van der Waals surface area contributed by atoms with Crippen LogP contribution in [0.3, 0.4) is 0 Å². The van der Waals surface area contributed by atoms with Crippen molar-refractivity contribution in [1.82, 2.24) is 20.1 Å². The Kier molecular flexibility index (Phi) is 5.41. The molecular weight excluding hydrogens is 331 g/mol. The molecule has 0 saturated heterocycles. The van der Waals surface area contributed by atoms with E-state index in [2.05, 4.69) is 22.1 Å². The molecule has 0 atom stereocenters. The molecule has 134 valence electrons. The lowest BCUT2D eigenvalue weighted by molar-refractivity contribution is 0.0783. The van der Waals surface area contributed by atoms with Crippen molar-refractivity contribution in [2.24, 2.45) is 0 Å². The fourth-order valence-electron chi connectivity index (χ4n) is 2.85. The summed E-state index contributed by atoms with van der Waals surface area (Å²) in [6, 6.07) is 10.6. The van der Waals surface area contributed by atoms with Crippen molar-refractivity contribution in [2.75, 3.05) is 7.05 Å². The lowest BCUT2D eigenvalue weighted by Gasteiger charge is -2.16. The van der Waals surface area contributed by atoms with Crippen LogP contribution in [0.1, 0.15) is 35.1 Å². The van der Waals surface area contributed by atoms with E-state index in [9.17, 15) is 9.18 Å².